The Bertz CT molecular complexity index is 1450. The van der Waals surface area contributed by atoms with E-state index in [1.54, 1.807) is 24.3 Å². The number of halogens is 2. The molecule has 0 radical (unpaired) electrons. The summed E-state index contributed by atoms with van der Waals surface area (Å²) >= 11 is 6.23. The van der Waals surface area contributed by atoms with Crippen molar-refractivity contribution in [2.75, 3.05) is 24.9 Å². The Morgan fingerprint density at radius 3 is 2.10 bits per heavy atom. The van der Waals surface area contributed by atoms with Crippen molar-refractivity contribution in [1.82, 2.24) is 14.5 Å². The second-order valence-electron chi connectivity index (χ2n) is 10.9. The molecule has 0 aromatic heterocycles. The Morgan fingerprint density at radius 1 is 0.927 bits per heavy atom. The van der Waals surface area contributed by atoms with E-state index in [4.69, 9.17) is 11.6 Å². The molecule has 0 saturated carbocycles. The van der Waals surface area contributed by atoms with E-state index in [1.165, 1.54) is 31.1 Å². The van der Waals surface area contributed by atoms with Crippen LogP contribution >= 0.6 is 11.6 Å². The summed E-state index contributed by atoms with van der Waals surface area (Å²) < 4.78 is 42.3. The molecule has 11 heteroatoms. The van der Waals surface area contributed by atoms with Crippen molar-refractivity contribution in [1.29, 1.82) is 0 Å². The van der Waals surface area contributed by atoms with E-state index < -0.39 is 40.1 Å². The third-order valence-corrected chi connectivity index (χ3v) is 8.20. The standard InChI is InChI=1S/C30H36ClFN4O4S/c1-30(2,3)33-29(38)27(19-22-10-7-6-8-11-22)35(20-23-12-9-13-24(31)18-23)28(37)21-36(41(39,40)34(4)5)26-16-14-25(32)15-17-26/h6-18,27H,19-21H2,1-5H3,(H,33,38)/t27-/m1/s1. The summed E-state index contributed by atoms with van der Waals surface area (Å²) in [5.74, 6) is -1.56. The first kappa shape index (κ1) is 32.0. The molecule has 41 heavy (non-hydrogen) atoms. The molecule has 3 aromatic carbocycles. The third-order valence-electron chi connectivity index (χ3n) is 6.14. The second-order valence-corrected chi connectivity index (χ2v) is 13.4. The van der Waals surface area contributed by atoms with Gasteiger partial charge in [-0.25, -0.2) is 8.70 Å². The first-order chi connectivity index (χ1) is 19.2. The van der Waals surface area contributed by atoms with Gasteiger partial charge in [-0.05, 0) is 68.3 Å². The van der Waals surface area contributed by atoms with Gasteiger partial charge in [-0.2, -0.15) is 12.7 Å². The zero-order chi connectivity index (χ0) is 30.4. The molecule has 0 aliphatic rings. The quantitative estimate of drug-likeness (QED) is 0.346. The van der Waals surface area contributed by atoms with Gasteiger partial charge in [0.2, 0.25) is 11.8 Å². The molecule has 0 bridgehead atoms. The van der Waals surface area contributed by atoms with E-state index in [2.05, 4.69) is 5.32 Å². The van der Waals surface area contributed by atoms with Crippen molar-refractivity contribution in [3.8, 4) is 0 Å². The largest absolute Gasteiger partial charge is 0.350 e. The highest BCUT2D eigenvalue weighted by molar-refractivity contribution is 7.90. The third kappa shape index (κ3) is 9.01. The minimum absolute atomic E-state index is 0.00622. The summed E-state index contributed by atoms with van der Waals surface area (Å²) in [5, 5.41) is 3.43. The van der Waals surface area contributed by atoms with Crippen LogP contribution in [0.2, 0.25) is 5.02 Å². The predicted octanol–water partition coefficient (Wildman–Crippen LogP) is 4.65. The number of hydrogen-bond donors (Lipinski definition) is 1. The van der Waals surface area contributed by atoms with E-state index in [9.17, 15) is 22.4 Å². The molecular formula is C30H36ClFN4O4S. The zero-order valence-corrected chi connectivity index (χ0v) is 25.4. The first-order valence-corrected chi connectivity index (χ1v) is 14.8. The lowest BCUT2D eigenvalue weighted by Gasteiger charge is -2.35. The molecular weight excluding hydrogens is 567 g/mol. The Kier molecular flexibility index (Phi) is 10.5. The van der Waals surface area contributed by atoms with Gasteiger partial charge in [0.15, 0.2) is 0 Å². The fourth-order valence-electron chi connectivity index (χ4n) is 4.16. The second kappa shape index (κ2) is 13.5. The van der Waals surface area contributed by atoms with Crippen LogP contribution in [0.25, 0.3) is 0 Å². The van der Waals surface area contributed by atoms with Gasteiger partial charge >= 0.3 is 10.2 Å². The number of hydrogen-bond acceptors (Lipinski definition) is 4. The van der Waals surface area contributed by atoms with Crippen molar-refractivity contribution in [3.05, 3.63) is 101 Å². The lowest BCUT2D eigenvalue weighted by atomic mass is 10.0. The van der Waals surface area contributed by atoms with Gasteiger partial charge in [-0.15, -0.1) is 0 Å². The van der Waals surface area contributed by atoms with Crippen LogP contribution in [0.3, 0.4) is 0 Å². The van der Waals surface area contributed by atoms with Crippen LogP contribution in [0.15, 0.2) is 78.9 Å². The number of rotatable bonds is 11. The first-order valence-electron chi connectivity index (χ1n) is 13.0. The zero-order valence-electron chi connectivity index (χ0n) is 23.8. The average molecular weight is 603 g/mol. The lowest BCUT2D eigenvalue weighted by Crippen LogP contribution is -2.56. The van der Waals surface area contributed by atoms with Crippen LogP contribution in [0.5, 0.6) is 0 Å². The van der Waals surface area contributed by atoms with Gasteiger partial charge in [0, 0.05) is 37.6 Å². The number of benzene rings is 3. The number of nitrogens with zero attached hydrogens (tertiary/aromatic N) is 3. The molecule has 0 heterocycles. The molecule has 3 aromatic rings. The van der Waals surface area contributed by atoms with Crippen LogP contribution in [-0.2, 0) is 32.8 Å². The summed E-state index contributed by atoms with van der Waals surface area (Å²) in [6, 6.07) is 20.0. The van der Waals surface area contributed by atoms with Crippen molar-refractivity contribution in [3.63, 3.8) is 0 Å². The van der Waals surface area contributed by atoms with Gasteiger partial charge in [0.1, 0.15) is 18.4 Å². The fraction of sp³-hybridized carbons (Fsp3) is 0.333. The molecule has 0 aliphatic heterocycles. The number of carbonyl (C=O) groups is 2. The maximum atomic E-state index is 14.2. The molecule has 1 atom stereocenters. The molecule has 8 nitrogen and oxygen atoms in total. The summed E-state index contributed by atoms with van der Waals surface area (Å²) in [7, 11) is -1.49. The molecule has 0 saturated heterocycles. The molecule has 0 unspecified atom stereocenters. The summed E-state index contributed by atoms with van der Waals surface area (Å²) in [4.78, 5) is 29.3. The SMILES string of the molecule is CN(C)S(=O)(=O)N(CC(=O)N(Cc1cccc(Cl)c1)[C@H](Cc1ccccc1)C(=O)NC(C)(C)C)c1ccc(F)cc1. The smallest absolute Gasteiger partial charge is 0.304 e. The van der Waals surface area contributed by atoms with E-state index in [0.717, 1.165) is 26.3 Å². The fourth-order valence-corrected chi connectivity index (χ4v) is 5.43. The minimum atomic E-state index is -4.17. The molecule has 0 fully saturated rings. The van der Waals surface area contributed by atoms with Gasteiger partial charge in [-0.1, -0.05) is 54.1 Å². The number of anilines is 1. The minimum Gasteiger partial charge on any atom is -0.350 e. The van der Waals surface area contributed by atoms with Crippen molar-refractivity contribution >= 4 is 39.3 Å². The lowest BCUT2D eigenvalue weighted by molar-refractivity contribution is -0.140. The number of nitrogens with one attached hydrogen (secondary N) is 1. The summed E-state index contributed by atoms with van der Waals surface area (Å²) in [6.07, 6.45) is 0.187. The Labute approximate surface area is 246 Å². The topological polar surface area (TPSA) is 90.0 Å². The van der Waals surface area contributed by atoms with Crippen molar-refractivity contribution < 1.29 is 22.4 Å². The normalized spacial score (nSPS) is 12.6. The van der Waals surface area contributed by atoms with E-state index in [1.807, 2.05) is 51.1 Å². The average Bonchev–Trinajstić information content (AvgIpc) is 2.89. The molecule has 1 N–H and O–H groups in total. The molecule has 3 rings (SSSR count). The molecule has 2 amide bonds. The van der Waals surface area contributed by atoms with Gasteiger partial charge < -0.3 is 10.2 Å². The highest BCUT2D eigenvalue weighted by Crippen LogP contribution is 2.23. The molecule has 0 aliphatic carbocycles. The Hall–Kier alpha value is -3.47. The Morgan fingerprint density at radius 2 is 1.54 bits per heavy atom. The van der Waals surface area contributed by atoms with Crippen molar-refractivity contribution in [2.24, 2.45) is 0 Å². The van der Waals surface area contributed by atoms with E-state index in [0.29, 0.717) is 10.6 Å². The summed E-state index contributed by atoms with van der Waals surface area (Å²) in [6.45, 7) is 4.89. The van der Waals surface area contributed by atoms with Crippen molar-refractivity contribution in [2.45, 2.75) is 45.3 Å². The van der Waals surface area contributed by atoms with Crippen LogP contribution < -0.4 is 9.62 Å². The highest BCUT2D eigenvalue weighted by atomic mass is 35.5. The monoisotopic (exact) mass is 602 g/mol. The maximum Gasteiger partial charge on any atom is 0.304 e. The van der Waals surface area contributed by atoms with Crippen LogP contribution in [0, 0.1) is 5.82 Å². The summed E-state index contributed by atoms with van der Waals surface area (Å²) in [5.41, 5.74) is 0.999. The van der Waals surface area contributed by atoms with Crippen LogP contribution in [0.4, 0.5) is 10.1 Å². The highest BCUT2D eigenvalue weighted by Gasteiger charge is 2.35. The van der Waals surface area contributed by atoms with Gasteiger partial charge in [-0.3, -0.25) is 9.59 Å². The van der Waals surface area contributed by atoms with E-state index >= 15 is 0 Å². The Balaban J connectivity index is 2.11. The van der Waals surface area contributed by atoms with Gasteiger partial charge in [0.25, 0.3) is 0 Å². The maximum absolute atomic E-state index is 14.2. The molecule has 0 spiro atoms. The van der Waals surface area contributed by atoms with Crippen LogP contribution in [-0.4, -0.2) is 61.7 Å². The van der Waals surface area contributed by atoms with Gasteiger partial charge in [0.05, 0.1) is 5.69 Å². The number of carbonyl (C=O) groups excluding carboxylic acids is 2. The van der Waals surface area contributed by atoms with E-state index in [-0.39, 0.29) is 24.6 Å². The predicted molar refractivity (Wildman–Crippen MR) is 160 cm³/mol. The molecule has 220 valence electrons. The van der Waals surface area contributed by atoms with Crippen LogP contribution in [0.1, 0.15) is 31.9 Å². The number of amides is 2.